The molecule has 0 radical (unpaired) electrons. The zero-order valence-corrected chi connectivity index (χ0v) is 13.4. The highest BCUT2D eigenvalue weighted by atomic mass is 32.2. The van der Waals surface area contributed by atoms with Gasteiger partial charge in [0.2, 0.25) is 10.0 Å². The van der Waals surface area contributed by atoms with Gasteiger partial charge in [-0.2, -0.15) is 4.31 Å². The Labute approximate surface area is 132 Å². The van der Waals surface area contributed by atoms with Crippen molar-refractivity contribution in [1.82, 2.24) is 4.31 Å². The van der Waals surface area contributed by atoms with Gasteiger partial charge in [-0.25, -0.2) is 8.42 Å². The van der Waals surface area contributed by atoms with Crippen LogP contribution in [0.5, 0.6) is 0 Å². The molecule has 1 heterocycles. The standard InChI is InChI=1S/C17H22N2O2S/c18-11-10-14-5-4-12-19(13-14)22(20,21)17-9-3-7-15-6-1-2-8-16(15)17/h1-3,6-9,14H,4-5,10-13,18H2. The molecule has 0 bridgehead atoms. The Morgan fingerprint density at radius 3 is 2.73 bits per heavy atom. The first kappa shape index (κ1) is 15.5. The van der Waals surface area contributed by atoms with Crippen molar-refractivity contribution in [1.29, 1.82) is 0 Å². The number of nitrogens with zero attached hydrogens (tertiary/aromatic N) is 1. The minimum atomic E-state index is -3.45. The van der Waals surface area contributed by atoms with Gasteiger partial charge in [-0.15, -0.1) is 0 Å². The van der Waals surface area contributed by atoms with Gasteiger partial charge in [0.25, 0.3) is 0 Å². The van der Waals surface area contributed by atoms with Gasteiger partial charge in [0.15, 0.2) is 0 Å². The van der Waals surface area contributed by atoms with E-state index in [-0.39, 0.29) is 0 Å². The molecule has 0 aliphatic carbocycles. The molecule has 1 unspecified atom stereocenters. The molecule has 0 amide bonds. The Hall–Kier alpha value is -1.43. The molecule has 1 saturated heterocycles. The van der Waals surface area contributed by atoms with Crippen LogP contribution in [0.2, 0.25) is 0 Å². The largest absolute Gasteiger partial charge is 0.330 e. The topological polar surface area (TPSA) is 63.4 Å². The van der Waals surface area contributed by atoms with Crippen LogP contribution in [0.3, 0.4) is 0 Å². The first-order valence-electron chi connectivity index (χ1n) is 7.81. The molecule has 118 valence electrons. The van der Waals surface area contributed by atoms with Gasteiger partial charge < -0.3 is 5.73 Å². The van der Waals surface area contributed by atoms with Crippen molar-refractivity contribution in [2.45, 2.75) is 24.2 Å². The number of nitrogens with two attached hydrogens (primary N) is 1. The molecule has 4 nitrogen and oxygen atoms in total. The maximum Gasteiger partial charge on any atom is 0.243 e. The van der Waals surface area contributed by atoms with Crippen LogP contribution in [0.25, 0.3) is 10.8 Å². The minimum Gasteiger partial charge on any atom is -0.330 e. The number of hydrogen-bond acceptors (Lipinski definition) is 3. The summed E-state index contributed by atoms with van der Waals surface area (Å²) in [6.45, 7) is 1.81. The Balaban J connectivity index is 1.98. The van der Waals surface area contributed by atoms with Gasteiger partial charge in [0, 0.05) is 18.5 Å². The number of benzene rings is 2. The number of sulfonamides is 1. The second-order valence-corrected chi connectivity index (χ2v) is 7.83. The van der Waals surface area contributed by atoms with Crippen molar-refractivity contribution in [2.75, 3.05) is 19.6 Å². The smallest absolute Gasteiger partial charge is 0.243 e. The zero-order chi connectivity index (χ0) is 15.6. The van der Waals surface area contributed by atoms with Crippen LogP contribution in [-0.4, -0.2) is 32.4 Å². The predicted molar refractivity (Wildman–Crippen MR) is 89.1 cm³/mol. The molecule has 3 rings (SSSR count). The second-order valence-electron chi connectivity index (χ2n) is 5.93. The molecular weight excluding hydrogens is 296 g/mol. The molecule has 22 heavy (non-hydrogen) atoms. The highest BCUT2D eigenvalue weighted by molar-refractivity contribution is 7.89. The molecule has 0 aromatic heterocycles. The summed E-state index contributed by atoms with van der Waals surface area (Å²) in [6.07, 6.45) is 2.87. The SMILES string of the molecule is NCCC1CCCN(S(=O)(=O)c2cccc3ccccc23)C1. The summed E-state index contributed by atoms with van der Waals surface area (Å²) in [5.74, 6) is 0.378. The summed E-state index contributed by atoms with van der Waals surface area (Å²) < 4.78 is 27.7. The van der Waals surface area contributed by atoms with E-state index >= 15 is 0 Å². The van der Waals surface area contributed by atoms with Crippen molar-refractivity contribution >= 4 is 20.8 Å². The molecule has 2 N–H and O–H groups in total. The monoisotopic (exact) mass is 318 g/mol. The summed E-state index contributed by atoms with van der Waals surface area (Å²) in [6, 6.07) is 13.1. The quantitative estimate of drug-likeness (QED) is 0.942. The van der Waals surface area contributed by atoms with E-state index in [1.54, 1.807) is 10.4 Å². The number of fused-ring (bicyclic) bond motifs is 1. The van der Waals surface area contributed by atoms with Crippen LogP contribution in [-0.2, 0) is 10.0 Å². The van der Waals surface area contributed by atoms with Crippen molar-refractivity contribution < 1.29 is 8.42 Å². The third-order valence-corrected chi connectivity index (χ3v) is 6.35. The Morgan fingerprint density at radius 2 is 1.91 bits per heavy atom. The van der Waals surface area contributed by atoms with E-state index in [1.165, 1.54) is 0 Å². The van der Waals surface area contributed by atoms with E-state index in [1.807, 2.05) is 36.4 Å². The molecule has 5 heteroatoms. The predicted octanol–water partition coefficient (Wildman–Crippen LogP) is 2.59. The Morgan fingerprint density at radius 1 is 1.14 bits per heavy atom. The number of rotatable bonds is 4. The van der Waals surface area contributed by atoms with Crippen LogP contribution in [0, 0.1) is 5.92 Å². The van der Waals surface area contributed by atoms with Gasteiger partial charge >= 0.3 is 0 Å². The average molecular weight is 318 g/mol. The van der Waals surface area contributed by atoms with E-state index in [0.29, 0.717) is 30.4 Å². The fraction of sp³-hybridized carbons (Fsp3) is 0.412. The van der Waals surface area contributed by atoms with Gasteiger partial charge in [-0.1, -0.05) is 36.4 Å². The Bertz CT molecular complexity index is 751. The molecule has 2 aromatic rings. The van der Waals surface area contributed by atoms with Gasteiger partial charge in [-0.3, -0.25) is 0 Å². The summed E-state index contributed by atoms with van der Waals surface area (Å²) in [5, 5.41) is 1.75. The van der Waals surface area contributed by atoms with Crippen molar-refractivity contribution in [2.24, 2.45) is 11.7 Å². The average Bonchev–Trinajstić information content (AvgIpc) is 2.55. The third-order valence-electron chi connectivity index (χ3n) is 4.42. The number of piperidine rings is 1. The van der Waals surface area contributed by atoms with Gasteiger partial charge in [0.05, 0.1) is 4.90 Å². The molecule has 0 spiro atoms. The van der Waals surface area contributed by atoms with Gasteiger partial charge in [-0.05, 0) is 43.2 Å². The number of hydrogen-bond donors (Lipinski definition) is 1. The van der Waals surface area contributed by atoms with E-state index in [0.717, 1.165) is 30.0 Å². The Kier molecular flexibility index (Phi) is 4.47. The van der Waals surface area contributed by atoms with E-state index in [4.69, 9.17) is 5.73 Å². The zero-order valence-electron chi connectivity index (χ0n) is 12.6. The first-order valence-corrected chi connectivity index (χ1v) is 9.25. The highest BCUT2D eigenvalue weighted by Gasteiger charge is 2.30. The third kappa shape index (κ3) is 2.89. The van der Waals surface area contributed by atoms with Crippen molar-refractivity contribution in [3.05, 3.63) is 42.5 Å². The van der Waals surface area contributed by atoms with Crippen LogP contribution in [0.4, 0.5) is 0 Å². The van der Waals surface area contributed by atoms with Crippen LogP contribution < -0.4 is 5.73 Å². The summed E-state index contributed by atoms with van der Waals surface area (Å²) in [4.78, 5) is 0.416. The molecular formula is C17H22N2O2S. The van der Waals surface area contributed by atoms with Crippen LogP contribution in [0.1, 0.15) is 19.3 Å². The maximum absolute atomic E-state index is 13.0. The van der Waals surface area contributed by atoms with Crippen LogP contribution in [0.15, 0.2) is 47.4 Å². The van der Waals surface area contributed by atoms with Gasteiger partial charge in [0.1, 0.15) is 0 Å². The van der Waals surface area contributed by atoms with E-state index < -0.39 is 10.0 Å². The fourth-order valence-corrected chi connectivity index (χ4v) is 5.05. The lowest BCUT2D eigenvalue weighted by Gasteiger charge is -2.32. The van der Waals surface area contributed by atoms with Crippen molar-refractivity contribution in [3.63, 3.8) is 0 Å². The fourth-order valence-electron chi connectivity index (χ4n) is 3.28. The lowest BCUT2D eigenvalue weighted by Crippen LogP contribution is -2.40. The maximum atomic E-state index is 13.0. The first-order chi connectivity index (χ1) is 10.6. The summed E-state index contributed by atoms with van der Waals surface area (Å²) in [7, 11) is -3.45. The normalized spacial score (nSPS) is 20.3. The minimum absolute atomic E-state index is 0.378. The molecule has 1 aliphatic rings. The van der Waals surface area contributed by atoms with E-state index in [9.17, 15) is 8.42 Å². The molecule has 1 fully saturated rings. The van der Waals surface area contributed by atoms with Crippen LogP contribution >= 0.6 is 0 Å². The summed E-state index contributed by atoms with van der Waals surface area (Å²) >= 11 is 0. The lowest BCUT2D eigenvalue weighted by molar-refractivity contribution is 0.258. The molecule has 1 aliphatic heterocycles. The summed E-state index contributed by atoms with van der Waals surface area (Å²) in [5.41, 5.74) is 5.63. The molecule has 2 aromatic carbocycles. The lowest BCUT2D eigenvalue weighted by atomic mass is 9.96. The molecule has 1 atom stereocenters. The highest BCUT2D eigenvalue weighted by Crippen LogP contribution is 2.29. The second kappa shape index (κ2) is 6.36. The molecule has 0 saturated carbocycles. The van der Waals surface area contributed by atoms with Crippen molar-refractivity contribution in [3.8, 4) is 0 Å². The van der Waals surface area contributed by atoms with E-state index in [2.05, 4.69) is 0 Å².